The molecule has 2 heterocycles. The first-order valence-electron chi connectivity index (χ1n) is 5.02. The summed E-state index contributed by atoms with van der Waals surface area (Å²) in [6, 6.07) is 4.17. The van der Waals surface area contributed by atoms with Gasteiger partial charge >= 0.3 is 0 Å². The standard InChI is InChI=1S/C12H14N2/c1(11-3-7-13-8-4-11)2-12-5-9-14-10-6-12/h3-5,7-10,12H,1-2,6H2. The van der Waals surface area contributed by atoms with Gasteiger partial charge in [-0.3, -0.25) is 9.98 Å². The van der Waals surface area contributed by atoms with Gasteiger partial charge < -0.3 is 0 Å². The third-order valence-corrected chi connectivity index (χ3v) is 2.51. The summed E-state index contributed by atoms with van der Waals surface area (Å²) in [5.41, 5.74) is 1.37. The van der Waals surface area contributed by atoms with Crippen molar-refractivity contribution in [2.75, 3.05) is 0 Å². The Labute approximate surface area is 84.4 Å². The maximum atomic E-state index is 4.07. The fourth-order valence-electron chi connectivity index (χ4n) is 1.62. The number of rotatable bonds is 3. The van der Waals surface area contributed by atoms with Crippen molar-refractivity contribution in [2.24, 2.45) is 10.9 Å². The van der Waals surface area contributed by atoms with Gasteiger partial charge in [-0.25, -0.2) is 0 Å². The van der Waals surface area contributed by atoms with E-state index < -0.39 is 0 Å². The van der Waals surface area contributed by atoms with Gasteiger partial charge in [-0.1, -0.05) is 6.08 Å². The van der Waals surface area contributed by atoms with Gasteiger partial charge in [0.25, 0.3) is 0 Å². The summed E-state index contributed by atoms with van der Waals surface area (Å²) in [5.74, 6) is 0.667. The Morgan fingerprint density at radius 1 is 1.29 bits per heavy atom. The molecule has 1 aromatic heterocycles. The summed E-state index contributed by atoms with van der Waals surface area (Å²) >= 11 is 0. The maximum absolute atomic E-state index is 4.07. The van der Waals surface area contributed by atoms with Crippen LogP contribution in [0.4, 0.5) is 0 Å². The van der Waals surface area contributed by atoms with Crippen molar-refractivity contribution in [2.45, 2.75) is 19.3 Å². The summed E-state index contributed by atoms with van der Waals surface area (Å²) < 4.78 is 0. The Morgan fingerprint density at radius 2 is 2.14 bits per heavy atom. The molecule has 0 bridgehead atoms. The van der Waals surface area contributed by atoms with Crippen LogP contribution in [-0.4, -0.2) is 11.2 Å². The first kappa shape index (κ1) is 9.13. The van der Waals surface area contributed by atoms with Crippen LogP contribution < -0.4 is 0 Å². The molecule has 72 valence electrons. The predicted molar refractivity (Wildman–Crippen MR) is 58.3 cm³/mol. The number of allylic oxidation sites excluding steroid dienone is 1. The minimum absolute atomic E-state index is 0.667. The Kier molecular flexibility index (Phi) is 3.06. The summed E-state index contributed by atoms with van der Waals surface area (Å²) in [6.07, 6.45) is 13.2. The minimum Gasteiger partial charge on any atom is -0.269 e. The van der Waals surface area contributed by atoms with Gasteiger partial charge in [0.05, 0.1) is 0 Å². The van der Waals surface area contributed by atoms with Crippen molar-refractivity contribution in [1.82, 2.24) is 4.98 Å². The molecule has 0 fully saturated rings. The number of pyridine rings is 1. The van der Waals surface area contributed by atoms with Crippen LogP contribution >= 0.6 is 0 Å². The molecule has 1 atom stereocenters. The number of aliphatic imine (C=N–C) groups is 1. The normalized spacial score (nSPS) is 19.9. The van der Waals surface area contributed by atoms with Gasteiger partial charge in [0.15, 0.2) is 0 Å². The van der Waals surface area contributed by atoms with Gasteiger partial charge in [-0.2, -0.15) is 0 Å². The highest BCUT2D eigenvalue weighted by molar-refractivity contribution is 5.60. The van der Waals surface area contributed by atoms with Crippen LogP contribution in [0.3, 0.4) is 0 Å². The summed E-state index contributed by atoms with van der Waals surface area (Å²) in [4.78, 5) is 8.07. The van der Waals surface area contributed by atoms with E-state index in [9.17, 15) is 0 Å². The topological polar surface area (TPSA) is 25.2 Å². The highest BCUT2D eigenvalue weighted by Gasteiger charge is 2.05. The quantitative estimate of drug-likeness (QED) is 0.712. The van der Waals surface area contributed by atoms with Crippen LogP contribution in [0, 0.1) is 5.92 Å². The van der Waals surface area contributed by atoms with Crippen LogP contribution in [0.25, 0.3) is 0 Å². The lowest BCUT2D eigenvalue weighted by Gasteiger charge is -2.11. The molecule has 0 spiro atoms. The van der Waals surface area contributed by atoms with E-state index in [1.54, 1.807) is 0 Å². The molecule has 2 rings (SSSR count). The van der Waals surface area contributed by atoms with Crippen molar-refractivity contribution in [3.63, 3.8) is 0 Å². The van der Waals surface area contributed by atoms with E-state index in [0.29, 0.717) is 5.92 Å². The summed E-state index contributed by atoms with van der Waals surface area (Å²) in [7, 11) is 0. The Balaban J connectivity index is 1.83. The van der Waals surface area contributed by atoms with Crippen molar-refractivity contribution in [3.05, 3.63) is 42.4 Å². The Bertz CT molecular complexity index is 327. The van der Waals surface area contributed by atoms with Crippen LogP contribution in [0.2, 0.25) is 0 Å². The summed E-state index contributed by atoms with van der Waals surface area (Å²) in [5, 5.41) is 0. The van der Waals surface area contributed by atoms with Gasteiger partial charge in [0.2, 0.25) is 0 Å². The lowest BCUT2D eigenvalue weighted by Crippen LogP contribution is -2.02. The molecule has 0 saturated heterocycles. The molecule has 0 N–H and O–H groups in total. The predicted octanol–water partition coefficient (Wildman–Crippen LogP) is 2.62. The van der Waals surface area contributed by atoms with E-state index in [1.165, 1.54) is 12.0 Å². The molecule has 1 aliphatic heterocycles. The minimum atomic E-state index is 0.667. The number of hydrogen-bond acceptors (Lipinski definition) is 2. The first-order valence-corrected chi connectivity index (χ1v) is 5.02. The number of aryl methyl sites for hydroxylation is 1. The van der Waals surface area contributed by atoms with Crippen molar-refractivity contribution >= 4 is 6.21 Å². The molecule has 0 aliphatic carbocycles. The molecule has 0 radical (unpaired) electrons. The van der Waals surface area contributed by atoms with E-state index in [4.69, 9.17) is 0 Å². The molecular formula is C12H14N2. The van der Waals surface area contributed by atoms with Crippen LogP contribution in [0.5, 0.6) is 0 Å². The van der Waals surface area contributed by atoms with Crippen LogP contribution in [0.1, 0.15) is 18.4 Å². The first-order chi connectivity index (χ1) is 6.95. The Morgan fingerprint density at radius 3 is 2.86 bits per heavy atom. The van der Waals surface area contributed by atoms with Gasteiger partial charge in [-0.05, 0) is 42.9 Å². The highest BCUT2D eigenvalue weighted by atomic mass is 14.7. The van der Waals surface area contributed by atoms with Gasteiger partial charge in [0.1, 0.15) is 0 Å². The maximum Gasteiger partial charge on any atom is 0.0270 e. The average molecular weight is 186 g/mol. The third kappa shape index (κ3) is 2.52. The molecule has 1 aliphatic rings. The zero-order chi connectivity index (χ0) is 9.64. The SMILES string of the molecule is C1=CC(CCc2ccncc2)CC=N1. The van der Waals surface area contributed by atoms with Gasteiger partial charge in [0, 0.05) is 24.8 Å². The van der Waals surface area contributed by atoms with Crippen LogP contribution in [0.15, 0.2) is 41.8 Å². The van der Waals surface area contributed by atoms with Crippen LogP contribution in [-0.2, 0) is 6.42 Å². The fraction of sp³-hybridized carbons (Fsp3) is 0.333. The molecule has 0 saturated carbocycles. The molecule has 1 unspecified atom stereocenters. The van der Waals surface area contributed by atoms with E-state index in [-0.39, 0.29) is 0 Å². The molecule has 2 nitrogen and oxygen atoms in total. The van der Waals surface area contributed by atoms with E-state index in [2.05, 4.69) is 28.2 Å². The monoisotopic (exact) mass is 186 g/mol. The molecule has 0 aromatic carbocycles. The highest BCUT2D eigenvalue weighted by Crippen LogP contribution is 2.15. The number of nitrogens with zero attached hydrogens (tertiary/aromatic N) is 2. The molecular weight excluding hydrogens is 172 g/mol. The van der Waals surface area contributed by atoms with E-state index in [0.717, 1.165) is 12.8 Å². The second-order valence-corrected chi connectivity index (χ2v) is 3.56. The van der Waals surface area contributed by atoms with Gasteiger partial charge in [-0.15, -0.1) is 0 Å². The lowest BCUT2D eigenvalue weighted by atomic mass is 9.96. The van der Waals surface area contributed by atoms with E-state index >= 15 is 0 Å². The third-order valence-electron chi connectivity index (χ3n) is 2.51. The number of aromatic nitrogens is 1. The van der Waals surface area contributed by atoms with Crippen molar-refractivity contribution in [1.29, 1.82) is 0 Å². The average Bonchev–Trinajstić information content (AvgIpc) is 2.29. The summed E-state index contributed by atoms with van der Waals surface area (Å²) in [6.45, 7) is 0. The molecule has 0 amide bonds. The largest absolute Gasteiger partial charge is 0.269 e. The van der Waals surface area contributed by atoms with Crippen molar-refractivity contribution < 1.29 is 0 Å². The van der Waals surface area contributed by atoms with Crippen molar-refractivity contribution in [3.8, 4) is 0 Å². The fourth-order valence-corrected chi connectivity index (χ4v) is 1.62. The van der Waals surface area contributed by atoms with E-state index in [1.807, 2.05) is 24.8 Å². The second-order valence-electron chi connectivity index (χ2n) is 3.56. The number of hydrogen-bond donors (Lipinski definition) is 0. The second kappa shape index (κ2) is 4.70. The molecule has 14 heavy (non-hydrogen) atoms. The zero-order valence-corrected chi connectivity index (χ0v) is 8.13. The molecule has 2 heteroatoms. The Hall–Kier alpha value is -1.44. The molecule has 1 aromatic rings. The smallest absolute Gasteiger partial charge is 0.0270 e. The lowest BCUT2D eigenvalue weighted by molar-refractivity contribution is 0.611. The zero-order valence-electron chi connectivity index (χ0n) is 8.13.